The third-order valence-corrected chi connectivity index (χ3v) is 3.93. The van der Waals surface area contributed by atoms with E-state index in [9.17, 15) is 132 Å². The molecule has 0 nitrogen and oxygen atoms in total. The number of rotatable bonds is 8. The first kappa shape index (κ1) is 64.8. The molecule has 0 radical (unpaired) electrons. The van der Waals surface area contributed by atoms with Gasteiger partial charge in [-0.3, -0.25) is 0 Å². The van der Waals surface area contributed by atoms with Crippen molar-refractivity contribution in [2.75, 3.05) is 0 Å². The summed E-state index contributed by atoms with van der Waals surface area (Å²) in [4.78, 5) is 0. The first-order valence-electron chi connectivity index (χ1n) is 13.6. The van der Waals surface area contributed by atoms with Crippen LogP contribution >= 0.6 is 0 Å². The summed E-state index contributed by atoms with van der Waals surface area (Å²) in [6.07, 6.45) is -41.2. The van der Waals surface area contributed by atoms with E-state index in [4.69, 9.17) is 0 Å². The predicted octanol–water partition coefficient (Wildman–Crippen LogP) is 16.0. The molecule has 0 aliphatic carbocycles. The van der Waals surface area contributed by atoms with Crippen LogP contribution in [0.15, 0.2) is 0 Å². The van der Waals surface area contributed by atoms with E-state index < -0.39 is 118 Å². The van der Waals surface area contributed by atoms with E-state index in [-0.39, 0.29) is 27.7 Å². The minimum Gasteiger partial charge on any atom is -0.207 e. The van der Waals surface area contributed by atoms with Gasteiger partial charge in [-0.25, -0.2) is 43.9 Å². The highest BCUT2D eigenvalue weighted by molar-refractivity contribution is 4.79. The van der Waals surface area contributed by atoms with Crippen LogP contribution in [0.2, 0.25) is 0 Å². The molecule has 0 spiro atoms. The van der Waals surface area contributed by atoms with Gasteiger partial charge in [0.25, 0.3) is 29.6 Å². The van der Waals surface area contributed by atoms with Crippen molar-refractivity contribution < 1.29 is 132 Å². The molecule has 342 valence electrons. The summed E-state index contributed by atoms with van der Waals surface area (Å²) in [5.41, 5.74) is 0. The van der Waals surface area contributed by atoms with Gasteiger partial charge in [0.1, 0.15) is 19.3 Å². The van der Waals surface area contributed by atoms with Crippen molar-refractivity contribution in [2.45, 2.75) is 159 Å². The Morgan fingerprint density at radius 2 is 0.473 bits per heavy atom. The maximum Gasteiger partial charge on any atom is 0.452 e. The van der Waals surface area contributed by atoms with Crippen molar-refractivity contribution in [1.82, 2.24) is 0 Å². The Bertz CT molecular complexity index is 905. The Labute approximate surface area is 291 Å². The molecule has 0 aromatic carbocycles. The number of halogens is 30. The first-order valence-corrected chi connectivity index (χ1v) is 13.6. The van der Waals surface area contributed by atoms with Crippen LogP contribution < -0.4 is 0 Å². The second kappa shape index (κ2) is 22.7. The van der Waals surface area contributed by atoms with Gasteiger partial charge in [-0.1, -0.05) is 13.8 Å². The Balaban J connectivity index is -0.000000136. The fourth-order valence-electron chi connectivity index (χ4n) is 2.02. The summed E-state index contributed by atoms with van der Waals surface area (Å²) in [5, 5.41) is 0. The minimum absolute atomic E-state index is 0.150. The van der Waals surface area contributed by atoms with Crippen LogP contribution in [0, 0.1) is 0 Å². The largest absolute Gasteiger partial charge is 0.452 e. The van der Waals surface area contributed by atoms with Gasteiger partial charge in [0.15, 0.2) is 0 Å². The molecule has 0 unspecified atom stereocenters. The molecule has 30 heteroatoms. The lowest BCUT2D eigenvalue weighted by molar-refractivity contribution is -0.273. The highest BCUT2D eigenvalue weighted by Gasteiger charge is 2.53. The van der Waals surface area contributed by atoms with Gasteiger partial charge in [-0.15, -0.1) is 0 Å². The van der Waals surface area contributed by atoms with Crippen molar-refractivity contribution in [2.24, 2.45) is 0 Å². The van der Waals surface area contributed by atoms with Crippen LogP contribution in [0.1, 0.15) is 86.5 Å². The number of hydrogen-bond donors (Lipinski definition) is 0. The smallest absolute Gasteiger partial charge is 0.207 e. The van der Waals surface area contributed by atoms with Crippen LogP contribution in [-0.2, 0) is 0 Å². The lowest BCUT2D eigenvalue weighted by atomic mass is 10.1. The van der Waals surface area contributed by atoms with Crippen molar-refractivity contribution in [1.29, 1.82) is 0 Å². The Kier molecular flexibility index (Phi) is 26.8. The van der Waals surface area contributed by atoms with Crippen molar-refractivity contribution >= 4 is 0 Å². The number of alkyl halides is 30. The van der Waals surface area contributed by atoms with Gasteiger partial charge in [0.05, 0.1) is 12.8 Å². The molecule has 0 amide bonds. The molecule has 0 aliphatic rings. The summed E-state index contributed by atoms with van der Waals surface area (Å²) < 4.78 is 341. The fraction of sp³-hybridized carbons (Fsp3) is 1.00. The van der Waals surface area contributed by atoms with Crippen molar-refractivity contribution in [3.8, 4) is 0 Å². The van der Waals surface area contributed by atoms with Gasteiger partial charge in [-0.05, 0) is 13.8 Å². The SMILES string of the molecule is CC(F)(F)C(F)(F)F.CC(F)(F)CC(F)(F)CC(F)(F)F.CC(F)(F)CC(F)(F)F.CC(F)(F)F.CCC(F)(F)CC(F)(F)CC(F)(F)F.CCC(F)(F)F. The molecular weight excluding hydrogens is 870 g/mol. The zero-order valence-electron chi connectivity index (χ0n) is 28.3. The molecule has 0 aromatic heterocycles. The topological polar surface area (TPSA) is 0 Å². The molecule has 0 fully saturated rings. The summed E-state index contributed by atoms with van der Waals surface area (Å²) >= 11 is 0. The third kappa shape index (κ3) is 70.2. The molecule has 0 heterocycles. The molecule has 0 aliphatic heterocycles. The fourth-order valence-corrected chi connectivity index (χ4v) is 2.02. The second-order valence-corrected chi connectivity index (χ2v) is 10.9. The molecule has 0 rings (SSSR count). The van der Waals surface area contributed by atoms with Crippen LogP contribution in [0.4, 0.5) is 132 Å². The highest BCUT2D eigenvalue weighted by Crippen LogP contribution is 2.40. The average Bonchev–Trinajstić information content (AvgIpc) is 2.69. The van der Waals surface area contributed by atoms with Gasteiger partial charge in [0.2, 0.25) is 0 Å². The third-order valence-electron chi connectivity index (χ3n) is 3.93. The van der Waals surface area contributed by atoms with Crippen LogP contribution in [0.5, 0.6) is 0 Å². The van der Waals surface area contributed by atoms with E-state index in [0.717, 1.165) is 13.8 Å². The molecule has 55 heavy (non-hydrogen) atoms. The maximum absolute atomic E-state index is 12.4. The molecule has 0 aromatic rings. The van der Waals surface area contributed by atoms with E-state index in [1.807, 2.05) is 0 Å². The molecular formula is C25H32F30. The highest BCUT2D eigenvalue weighted by atomic mass is 19.4. The average molecular weight is 902 g/mol. The zero-order chi connectivity index (χ0) is 46.9. The molecule has 0 saturated carbocycles. The summed E-state index contributed by atoms with van der Waals surface area (Å²) in [6, 6.07) is 0. The summed E-state index contributed by atoms with van der Waals surface area (Å²) in [7, 11) is 0. The molecule has 0 bridgehead atoms. The van der Waals surface area contributed by atoms with Crippen LogP contribution in [0.3, 0.4) is 0 Å². The van der Waals surface area contributed by atoms with Crippen molar-refractivity contribution in [3.05, 3.63) is 0 Å². The Morgan fingerprint density at radius 3 is 0.582 bits per heavy atom. The predicted molar refractivity (Wildman–Crippen MR) is 132 cm³/mol. The molecule has 0 N–H and O–H groups in total. The lowest BCUT2D eigenvalue weighted by Crippen LogP contribution is -2.33. The van der Waals surface area contributed by atoms with Gasteiger partial charge < -0.3 is 0 Å². The lowest BCUT2D eigenvalue weighted by Gasteiger charge is -2.22. The maximum atomic E-state index is 12.4. The minimum atomic E-state index is -5.40. The van der Waals surface area contributed by atoms with Crippen molar-refractivity contribution in [3.63, 3.8) is 0 Å². The van der Waals surface area contributed by atoms with E-state index in [2.05, 4.69) is 0 Å². The summed E-state index contributed by atoms with van der Waals surface area (Å²) in [6.45, 7) is 2.40. The van der Waals surface area contributed by atoms with E-state index in [1.165, 1.54) is 0 Å². The van der Waals surface area contributed by atoms with Gasteiger partial charge in [0, 0.05) is 26.7 Å². The Morgan fingerprint density at radius 1 is 0.273 bits per heavy atom. The standard InChI is InChI=1S/C7H9F7.C6H7F7.C4H5F5.C3H3F5.C3H5F3.C2H3F3/c1-2-5(8,9)3-6(10,11)4-7(12,13)14;1-4(7,8)2-5(9,10)3-6(11,12)13;1-3(5,6)2-4(7,8)9;1-2(4,5)3(6,7)8;1-2-3(4,5)6;1-2(3,4)5/h2-4H2,1H3;2-3H2,1H3;2H2,1H3;1H3;2H2,1H3;1H3. The normalized spacial score (nSPS) is 14.0. The van der Waals surface area contributed by atoms with Crippen LogP contribution in [0.25, 0.3) is 0 Å². The van der Waals surface area contributed by atoms with Gasteiger partial charge >= 0.3 is 43.0 Å². The quantitative estimate of drug-likeness (QED) is 0.213. The molecule has 0 saturated heterocycles. The number of hydrogen-bond acceptors (Lipinski definition) is 0. The first-order chi connectivity index (χ1) is 22.9. The molecule has 0 atom stereocenters. The van der Waals surface area contributed by atoms with Crippen LogP contribution in [-0.4, -0.2) is 72.6 Å². The second-order valence-electron chi connectivity index (χ2n) is 10.9. The zero-order valence-corrected chi connectivity index (χ0v) is 28.3. The summed E-state index contributed by atoms with van der Waals surface area (Å²) in [5.74, 6) is -24.6. The monoisotopic (exact) mass is 902 g/mol. The Hall–Kier alpha value is -2.10. The van der Waals surface area contributed by atoms with E-state index in [1.54, 1.807) is 0 Å². The van der Waals surface area contributed by atoms with E-state index >= 15 is 0 Å². The van der Waals surface area contributed by atoms with E-state index in [0.29, 0.717) is 0 Å². The van der Waals surface area contributed by atoms with Gasteiger partial charge in [-0.2, -0.15) is 87.8 Å².